The molecule has 15 heavy (non-hydrogen) atoms. The van der Waals surface area contributed by atoms with Crippen molar-refractivity contribution in [2.75, 3.05) is 12.4 Å². The molecule has 0 aromatic rings. The fourth-order valence-electron chi connectivity index (χ4n) is 2.30. The third kappa shape index (κ3) is 2.86. The average Bonchev–Trinajstić information content (AvgIpc) is 2.96. The first-order valence-electron chi connectivity index (χ1n) is 5.68. The molecule has 2 aliphatic carbocycles. The van der Waals surface area contributed by atoms with Crippen LogP contribution in [0, 0.1) is 11.8 Å². The van der Waals surface area contributed by atoms with Crippen LogP contribution < -0.4 is 4.72 Å². The van der Waals surface area contributed by atoms with Gasteiger partial charge < -0.3 is 0 Å². The van der Waals surface area contributed by atoms with E-state index in [1.165, 1.54) is 6.42 Å². The van der Waals surface area contributed by atoms with Crippen LogP contribution in [0.1, 0.15) is 32.1 Å². The maximum absolute atomic E-state index is 11.6. The van der Waals surface area contributed by atoms with Crippen molar-refractivity contribution in [3.05, 3.63) is 0 Å². The molecule has 2 unspecified atom stereocenters. The summed E-state index contributed by atoms with van der Waals surface area (Å²) in [6.07, 6.45) is 5.12. The molecule has 0 aromatic carbocycles. The molecule has 2 aliphatic rings. The smallest absolute Gasteiger partial charge is 0.214 e. The van der Waals surface area contributed by atoms with Gasteiger partial charge in [-0.3, -0.25) is 0 Å². The summed E-state index contributed by atoms with van der Waals surface area (Å²) in [5, 5.41) is -0.103. The molecule has 0 saturated heterocycles. The Morgan fingerprint density at radius 3 is 2.40 bits per heavy atom. The molecular formula is C10H18ClNO2S. The first kappa shape index (κ1) is 11.7. The summed E-state index contributed by atoms with van der Waals surface area (Å²) in [6, 6.07) is 0. The highest BCUT2D eigenvalue weighted by molar-refractivity contribution is 7.90. The molecule has 2 atom stereocenters. The van der Waals surface area contributed by atoms with Crippen LogP contribution in [-0.4, -0.2) is 26.1 Å². The standard InChI is InChI=1S/C10H18ClNO2S/c11-6-8-2-1-3-9(8)7-12-15(13,14)10-4-5-10/h8-10,12H,1-7H2. The molecule has 1 N–H and O–H groups in total. The lowest BCUT2D eigenvalue weighted by molar-refractivity contribution is 0.418. The summed E-state index contributed by atoms with van der Waals surface area (Å²) in [7, 11) is -3.00. The fraction of sp³-hybridized carbons (Fsp3) is 1.00. The van der Waals surface area contributed by atoms with E-state index in [1.807, 2.05) is 0 Å². The van der Waals surface area contributed by atoms with Crippen LogP contribution in [0.25, 0.3) is 0 Å². The fourth-order valence-corrected chi connectivity index (χ4v) is 4.15. The van der Waals surface area contributed by atoms with E-state index in [4.69, 9.17) is 11.6 Å². The normalized spacial score (nSPS) is 32.1. The summed E-state index contributed by atoms with van der Waals surface area (Å²) in [5.41, 5.74) is 0. The Bertz CT molecular complexity index is 313. The van der Waals surface area contributed by atoms with Gasteiger partial charge in [-0.1, -0.05) is 6.42 Å². The highest BCUT2D eigenvalue weighted by Crippen LogP contribution is 2.33. The van der Waals surface area contributed by atoms with Gasteiger partial charge >= 0.3 is 0 Å². The minimum Gasteiger partial charge on any atom is -0.215 e. The second-order valence-electron chi connectivity index (χ2n) is 4.70. The average molecular weight is 252 g/mol. The topological polar surface area (TPSA) is 46.2 Å². The SMILES string of the molecule is O=S(=O)(NCC1CCCC1CCl)C1CC1. The van der Waals surface area contributed by atoms with Gasteiger partial charge in [0.1, 0.15) is 0 Å². The van der Waals surface area contributed by atoms with Crippen molar-refractivity contribution in [2.45, 2.75) is 37.4 Å². The molecule has 0 aliphatic heterocycles. The van der Waals surface area contributed by atoms with Crippen molar-refractivity contribution in [3.8, 4) is 0 Å². The van der Waals surface area contributed by atoms with E-state index in [1.54, 1.807) is 0 Å². The minimum absolute atomic E-state index is 0.103. The van der Waals surface area contributed by atoms with Crippen LogP contribution >= 0.6 is 11.6 Å². The van der Waals surface area contributed by atoms with Crippen molar-refractivity contribution in [3.63, 3.8) is 0 Å². The van der Waals surface area contributed by atoms with Gasteiger partial charge in [0, 0.05) is 12.4 Å². The highest BCUT2D eigenvalue weighted by atomic mass is 35.5. The van der Waals surface area contributed by atoms with E-state index in [-0.39, 0.29) is 5.25 Å². The van der Waals surface area contributed by atoms with E-state index in [0.29, 0.717) is 24.3 Å². The summed E-state index contributed by atoms with van der Waals surface area (Å²) < 4.78 is 25.9. The van der Waals surface area contributed by atoms with E-state index in [0.717, 1.165) is 25.7 Å². The van der Waals surface area contributed by atoms with Crippen molar-refractivity contribution < 1.29 is 8.42 Å². The first-order chi connectivity index (χ1) is 7.13. The lowest BCUT2D eigenvalue weighted by atomic mass is 9.98. The van der Waals surface area contributed by atoms with E-state index >= 15 is 0 Å². The van der Waals surface area contributed by atoms with Crippen LogP contribution in [0.2, 0.25) is 0 Å². The summed E-state index contributed by atoms with van der Waals surface area (Å²) in [5.74, 6) is 1.63. The second-order valence-corrected chi connectivity index (χ2v) is 7.05. The molecule has 0 radical (unpaired) electrons. The molecule has 3 nitrogen and oxygen atoms in total. The molecule has 88 valence electrons. The molecule has 0 spiro atoms. The first-order valence-corrected chi connectivity index (χ1v) is 7.76. The number of sulfonamides is 1. The van der Waals surface area contributed by atoms with E-state index in [9.17, 15) is 8.42 Å². The van der Waals surface area contributed by atoms with Crippen molar-refractivity contribution in [2.24, 2.45) is 11.8 Å². The molecule has 2 saturated carbocycles. The number of halogens is 1. The van der Waals surface area contributed by atoms with Gasteiger partial charge in [-0.15, -0.1) is 11.6 Å². The number of rotatable bonds is 5. The lowest BCUT2D eigenvalue weighted by Gasteiger charge is -2.17. The molecule has 2 rings (SSSR count). The zero-order valence-electron chi connectivity index (χ0n) is 8.78. The second kappa shape index (κ2) is 4.60. The summed E-state index contributed by atoms with van der Waals surface area (Å²) in [6.45, 7) is 0.593. The van der Waals surface area contributed by atoms with Crippen LogP contribution in [0.4, 0.5) is 0 Å². The summed E-state index contributed by atoms with van der Waals surface area (Å²) >= 11 is 5.85. The molecule has 0 heterocycles. The Morgan fingerprint density at radius 1 is 1.13 bits per heavy atom. The molecule has 0 aromatic heterocycles. The van der Waals surface area contributed by atoms with Crippen molar-refractivity contribution in [1.82, 2.24) is 4.72 Å². The van der Waals surface area contributed by atoms with Gasteiger partial charge in [-0.2, -0.15) is 0 Å². The number of nitrogens with one attached hydrogen (secondary N) is 1. The zero-order chi connectivity index (χ0) is 10.9. The van der Waals surface area contributed by atoms with E-state index in [2.05, 4.69) is 4.72 Å². The molecule has 2 fully saturated rings. The molecular weight excluding hydrogens is 234 g/mol. The Labute approximate surface area is 96.6 Å². The van der Waals surface area contributed by atoms with Crippen LogP contribution in [0.15, 0.2) is 0 Å². The van der Waals surface area contributed by atoms with Crippen LogP contribution in [0.5, 0.6) is 0 Å². The predicted octanol–water partition coefficient (Wildman–Crippen LogP) is 1.72. The van der Waals surface area contributed by atoms with Gasteiger partial charge in [0.05, 0.1) is 5.25 Å². The third-order valence-corrected chi connectivity index (χ3v) is 5.84. The highest BCUT2D eigenvalue weighted by Gasteiger charge is 2.36. The lowest BCUT2D eigenvalue weighted by Crippen LogP contribution is -2.33. The predicted molar refractivity (Wildman–Crippen MR) is 61.5 cm³/mol. The zero-order valence-corrected chi connectivity index (χ0v) is 10.4. The van der Waals surface area contributed by atoms with Crippen LogP contribution in [-0.2, 0) is 10.0 Å². The van der Waals surface area contributed by atoms with Crippen LogP contribution in [0.3, 0.4) is 0 Å². The van der Waals surface area contributed by atoms with Gasteiger partial charge in [0.2, 0.25) is 10.0 Å². The number of hydrogen-bond donors (Lipinski definition) is 1. The maximum Gasteiger partial charge on any atom is 0.214 e. The van der Waals surface area contributed by atoms with Crippen molar-refractivity contribution in [1.29, 1.82) is 0 Å². The van der Waals surface area contributed by atoms with Gasteiger partial charge in [0.15, 0.2) is 0 Å². The van der Waals surface area contributed by atoms with Gasteiger partial charge in [-0.05, 0) is 37.5 Å². The molecule has 0 bridgehead atoms. The Balaban J connectivity index is 1.82. The Morgan fingerprint density at radius 2 is 1.80 bits per heavy atom. The Hall–Kier alpha value is 0.200. The van der Waals surface area contributed by atoms with E-state index < -0.39 is 10.0 Å². The molecule has 0 amide bonds. The van der Waals surface area contributed by atoms with Crippen molar-refractivity contribution >= 4 is 21.6 Å². The third-order valence-electron chi connectivity index (χ3n) is 3.52. The number of hydrogen-bond acceptors (Lipinski definition) is 2. The number of alkyl halides is 1. The maximum atomic E-state index is 11.6. The minimum atomic E-state index is -3.00. The van der Waals surface area contributed by atoms with Gasteiger partial charge in [-0.25, -0.2) is 13.1 Å². The Kier molecular flexibility index (Phi) is 3.58. The monoisotopic (exact) mass is 251 g/mol. The molecule has 5 heteroatoms. The largest absolute Gasteiger partial charge is 0.215 e. The quantitative estimate of drug-likeness (QED) is 0.757. The summed E-state index contributed by atoms with van der Waals surface area (Å²) in [4.78, 5) is 0. The van der Waals surface area contributed by atoms with Gasteiger partial charge in [0.25, 0.3) is 0 Å².